The van der Waals surface area contributed by atoms with E-state index in [0.29, 0.717) is 5.69 Å². The summed E-state index contributed by atoms with van der Waals surface area (Å²) in [5, 5.41) is 16.2. The van der Waals surface area contributed by atoms with Crippen LogP contribution in [0.4, 0.5) is 5.69 Å². The zero-order valence-electron chi connectivity index (χ0n) is 9.92. The van der Waals surface area contributed by atoms with Gasteiger partial charge in [-0.3, -0.25) is 4.72 Å². The Hall–Kier alpha value is -2.05. The molecule has 0 heterocycles. The summed E-state index contributed by atoms with van der Waals surface area (Å²) in [4.78, 5) is 0. The van der Waals surface area contributed by atoms with Crippen LogP contribution < -0.4 is 4.72 Å². The average Bonchev–Trinajstić information content (AvgIpc) is 2.33. The first kappa shape index (κ1) is 14.0. The quantitative estimate of drug-likeness (QED) is 0.876. The van der Waals surface area contributed by atoms with Gasteiger partial charge in [0.05, 0.1) is 18.6 Å². The maximum Gasteiger partial charge on any atom is 0.249 e. The van der Waals surface area contributed by atoms with Gasteiger partial charge in [0, 0.05) is 5.69 Å². The minimum atomic E-state index is -3.68. The van der Waals surface area contributed by atoms with Crippen molar-refractivity contribution in [3.8, 4) is 12.1 Å². The Morgan fingerprint density at radius 2 is 1.89 bits per heavy atom. The summed E-state index contributed by atoms with van der Waals surface area (Å²) in [5.41, 5.74) is 1.21. The van der Waals surface area contributed by atoms with E-state index in [-0.39, 0.29) is 12.8 Å². The molecule has 0 saturated carbocycles. The van der Waals surface area contributed by atoms with E-state index in [1.165, 1.54) is 0 Å². The Bertz CT molecular complexity index is 579. The lowest BCUT2D eigenvalue weighted by Crippen LogP contribution is -2.25. The standard InChI is InChI=1S/C12H13N3O2S/c1-2-12(9-14)18(16,17)15-11-5-3-10(4-6-11)7-8-13/h3-6,12,15H,2,7H2,1H3. The summed E-state index contributed by atoms with van der Waals surface area (Å²) in [7, 11) is -3.68. The van der Waals surface area contributed by atoms with Crippen LogP contribution in [-0.2, 0) is 16.4 Å². The molecule has 5 nitrogen and oxygen atoms in total. The van der Waals surface area contributed by atoms with Crippen molar-refractivity contribution in [3.05, 3.63) is 29.8 Å². The Morgan fingerprint density at radius 3 is 2.33 bits per heavy atom. The van der Waals surface area contributed by atoms with Crippen molar-refractivity contribution >= 4 is 15.7 Å². The van der Waals surface area contributed by atoms with Crippen LogP contribution in [-0.4, -0.2) is 13.7 Å². The van der Waals surface area contributed by atoms with Crippen molar-refractivity contribution in [2.24, 2.45) is 0 Å². The Kier molecular flexibility index (Phi) is 4.70. The van der Waals surface area contributed by atoms with Gasteiger partial charge in [-0.05, 0) is 24.1 Å². The molecular formula is C12H13N3O2S. The van der Waals surface area contributed by atoms with E-state index in [9.17, 15) is 8.42 Å². The van der Waals surface area contributed by atoms with Gasteiger partial charge in [0.15, 0.2) is 5.25 Å². The number of hydrogen-bond donors (Lipinski definition) is 1. The fraction of sp³-hybridized carbons (Fsp3) is 0.333. The minimum Gasteiger partial charge on any atom is -0.282 e. The van der Waals surface area contributed by atoms with Crippen LogP contribution in [0.3, 0.4) is 0 Å². The predicted molar refractivity (Wildman–Crippen MR) is 68.0 cm³/mol. The molecule has 1 aromatic rings. The second kappa shape index (κ2) is 6.04. The first-order chi connectivity index (χ1) is 8.53. The molecule has 0 bridgehead atoms. The molecule has 1 rings (SSSR count). The van der Waals surface area contributed by atoms with Gasteiger partial charge >= 0.3 is 0 Å². The van der Waals surface area contributed by atoms with Crippen LogP contribution in [0, 0.1) is 22.7 Å². The average molecular weight is 263 g/mol. The molecule has 0 fully saturated rings. The maximum atomic E-state index is 11.8. The number of nitrogens with one attached hydrogen (secondary N) is 1. The molecule has 1 N–H and O–H groups in total. The molecule has 18 heavy (non-hydrogen) atoms. The third-order valence-electron chi connectivity index (χ3n) is 2.39. The van der Waals surface area contributed by atoms with Crippen molar-refractivity contribution in [3.63, 3.8) is 0 Å². The molecule has 0 saturated heterocycles. The monoisotopic (exact) mass is 263 g/mol. The highest BCUT2D eigenvalue weighted by Gasteiger charge is 2.23. The molecule has 0 radical (unpaired) electrons. The lowest BCUT2D eigenvalue weighted by molar-refractivity contribution is 0.593. The molecule has 0 spiro atoms. The molecule has 1 atom stereocenters. The number of anilines is 1. The van der Waals surface area contributed by atoms with E-state index in [2.05, 4.69) is 4.72 Å². The summed E-state index contributed by atoms with van der Waals surface area (Å²) in [5.74, 6) is 0. The Morgan fingerprint density at radius 1 is 1.28 bits per heavy atom. The fourth-order valence-electron chi connectivity index (χ4n) is 1.40. The molecule has 0 aliphatic carbocycles. The van der Waals surface area contributed by atoms with E-state index in [0.717, 1.165) is 5.56 Å². The number of nitrogens with zero attached hydrogens (tertiary/aromatic N) is 2. The van der Waals surface area contributed by atoms with Crippen molar-refractivity contribution in [1.29, 1.82) is 10.5 Å². The summed E-state index contributed by atoms with van der Waals surface area (Å²) in [6, 6.07) is 10.3. The first-order valence-corrected chi connectivity index (χ1v) is 6.95. The topological polar surface area (TPSA) is 93.8 Å². The molecule has 1 unspecified atom stereocenters. The summed E-state index contributed by atoms with van der Waals surface area (Å²) >= 11 is 0. The van der Waals surface area contributed by atoms with E-state index in [1.54, 1.807) is 37.3 Å². The highest BCUT2D eigenvalue weighted by atomic mass is 32.2. The minimum absolute atomic E-state index is 0.234. The third-order valence-corrected chi connectivity index (χ3v) is 4.09. The normalized spacial score (nSPS) is 12.2. The van der Waals surface area contributed by atoms with E-state index in [4.69, 9.17) is 10.5 Å². The highest BCUT2D eigenvalue weighted by molar-refractivity contribution is 7.93. The van der Waals surface area contributed by atoms with Crippen LogP contribution >= 0.6 is 0 Å². The Labute approximate surface area is 107 Å². The second-order valence-electron chi connectivity index (χ2n) is 3.70. The molecule has 0 aliphatic rings. The molecule has 0 aliphatic heterocycles. The van der Waals surface area contributed by atoms with Crippen molar-refractivity contribution < 1.29 is 8.42 Å². The molecule has 1 aromatic carbocycles. The van der Waals surface area contributed by atoms with Crippen LogP contribution in [0.5, 0.6) is 0 Å². The number of sulfonamides is 1. The molecular weight excluding hydrogens is 250 g/mol. The van der Waals surface area contributed by atoms with Crippen LogP contribution in [0.2, 0.25) is 0 Å². The van der Waals surface area contributed by atoms with Gasteiger partial charge in [-0.2, -0.15) is 10.5 Å². The van der Waals surface area contributed by atoms with Crippen LogP contribution in [0.25, 0.3) is 0 Å². The summed E-state index contributed by atoms with van der Waals surface area (Å²) < 4.78 is 25.9. The largest absolute Gasteiger partial charge is 0.282 e. The fourth-order valence-corrected chi connectivity index (χ4v) is 2.58. The third kappa shape index (κ3) is 3.47. The molecule has 94 valence electrons. The van der Waals surface area contributed by atoms with Crippen molar-refractivity contribution in [2.45, 2.75) is 25.0 Å². The van der Waals surface area contributed by atoms with E-state index >= 15 is 0 Å². The number of benzene rings is 1. The van der Waals surface area contributed by atoms with Crippen molar-refractivity contribution in [2.75, 3.05) is 4.72 Å². The summed E-state index contributed by atoms with van der Waals surface area (Å²) in [6.45, 7) is 1.64. The number of rotatable bonds is 5. The van der Waals surface area contributed by atoms with Gasteiger partial charge in [-0.15, -0.1) is 0 Å². The molecule has 6 heteroatoms. The highest BCUT2D eigenvalue weighted by Crippen LogP contribution is 2.14. The van der Waals surface area contributed by atoms with Crippen LogP contribution in [0.15, 0.2) is 24.3 Å². The zero-order chi connectivity index (χ0) is 13.6. The first-order valence-electron chi connectivity index (χ1n) is 5.40. The van der Waals surface area contributed by atoms with E-state index in [1.807, 2.05) is 6.07 Å². The zero-order valence-corrected chi connectivity index (χ0v) is 10.7. The second-order valence-corrected chi connectivity index (χ2v) is 5.57. The number of hydrogen-bond acceptors (Lipinski definition) is 4. The van der Waals surface area contributed by atoms with Gasteiger partial charge < -0.3 is 0 Å². The SMILES string of the molecule is CCC(C#N)S(=O)(=O)Nc1ccc(CC#N)cc1. The van der Waals surface area contributed by atoms with Crippen molar-refractivity contribution in [1.82, 2.24) is 0 Å². The lowest BCUT2D eigenvalue weighted by atomic mass is 10.1. The van der Waals surface area contributed by atoms with Gasteiger partial charge in [-0.1, -0.05) is 19.1 Å². The van der Waals surface area contributed by atoms with Gasteiger partial charge in [0.2, 0.25) is 10.0 Å². The van der Waals surface area contributed by atoms with E-state index < -0.39 is 15.3 Å². The molecule has 0 aromatic heterocycles. The smallest absolute Gasteiger partial charge is 0.249 e. The maximum absolute atomic E-state index is 11.8. The van der Waals surface area contributed by atoms with Gasteiger partial charge in [-0.25, -0.2) is 8.42 Å². The number of nitriles is 2. The Balaban J connectivity index is 2.86. The lowest BCUT2D eigenvalue weighted by Gasteiger charge is -2.11. The van der Waals surface area contributed by atoms with Gasteiger partial charge in [0.1, 0.15) is 0 Å². The van der Waals surface area contributed by atoms with Crippen LogP contribution in [0.1, 0.15) is 18.9 Å². The predicted octanol–water partition coefficient (Wildman–Crippen LogP) is 1.80. The summed E-state index contributed by atoms with van der Waals surface area (Å²) in [6.07, 6.45) is 0.515. The van der Waals surface area contributed by atoms with Gasteiger partial charge in [0.25, 0.3) is 0 Å². The molecule has 0 amide bonds.